The molecule has 1 aliphatic rings. The van der Waals surface area contributed by atoms with Crippen LogP contribution in [0.1, 0.15) is 40.8 Å². The first-order valence-electron chi connectivity index (χ1n) is 12.1. The summed E-state index contributed by atoms with van der Waals surface area (Å²) in [5.74, 6) is -1.48. The molecule has 0 aliphatic carbocycles. The van der Waals surface area contributed by atoms with Crippen LogP contribution in [0, 0.1) is 0 Å². The first-order chi connectivity index (χ1) is 18.2. The molecule has 2 heterocycles. The van der Waals surface area contributed by atoms with Crippen molar-refractivity contribution in [3.8, 4) is 5.75 Å². The van der Waals surface area contributed by atoms with Crippen LogP contribution in [0.15, 0.2) is 47.4 Å². The molecular formula is C24H32FN4O9P. The highest BCUT2D eigenvalue weighted by Gasteiger charge is 2.58. The Balaban J connectivity index is 1.88. The number of carbonyl (C=O) groups is 2. The lowest BCUT2D eigenvalue weighted by molar-refractivity contribution is -0.155. The van der Waals surface area contributed by atoms with E-state index in [1.165, 1.54) is 31.3 Å². The van der Waals surface area contributed by atoms with Crippen LogP contribution in [0.5, 0.6) is 5.75 Å². The van der Waals surface area contributed by atoms with Gasteiger partial charge in [0.15, 0.2) is 18.0 Å². The van der Waals surface area contributed by atoms with Gasteiger partial charge in [0, 0.05) is 13.1 Å². The number of nitrogen functional groups attached to an aromatic ring is 1. The van der Waals surface area contributed by atoms with Gasteiger partial charge in [0.25, 0.3) is 0 Å². The van der Waals surface area contributed by atoms with E-state index < -0.39 is 68.2 Å². The highest BCUT2D eigenvalue weighted by Crippen LogP contribution is 2.48. The molecule has 1 aromatic carbocycles. The summed E-state index contributed by atoms with van der Waals surface area (Å²) in [6, 6.07) is 8.13. The molecule has 1 fully saturated rings. The van der Waals surface area contributed by atoms with E-state index in [2.05, 4.69) is 10.1 Å². The number of anilines is 1. The molecule has 1 unspecified atom stereocenters. The number of carbonyl (C=O) groups excluding carboxylic acids is 2. The Bertz CT molecular complexity index is 1270. The van der Waals surface area contributed by atoms with Crippen LogP contribution in [0.2, 0.25) is 0 Å². The van der Waals surface area contributed by atoms with Crippen LogP contribution in [0.4, 0.5) is 10.2 Å². The predicted molar refractivity (Wildman–Crippen MR) is 136 cm³/mol. The van der Waals surface area contributed by atoms with Gasteiger partial charge in [-0.2, -0.15) is 10.1 Å². The maximum absolute atomic E-state index is 16.1. The van der Waals surface area contributed by atoms with Crippen molar-refractivity contribution in [3.63, 3.8) is 0 Å². The van der Waals surface area contributed by atoms with Crippen molar-refractivity contribution in [1.82, 2.24) is 14.6 Å². The minimum Gasteiger partial charge on any atom is -0.462 e. The summed E-state index contributed by atoms with van der Waals surface area (Å²) in [7, 11) is -4.35. The Hall–Kier alpha value is -3.32. The highest BCUT2D eigenvalue weighted by atomic mass is 31.2. The minimum absolute atomic E-state index is 0.0820. The molecule has 6 atom stereocenters. The number of hydrogen-bond acceptors (Lipinski definition) is 11. The molecule has 3 rings (SSSR count). The van der Waals surface area contributed by atoms with E-state index in [-0.39, 0.29) is 11.6 Å². The lowest BCUT2D eigenvalue weighted by Crippen LogP contribution is -2.45. The molecular weight excluding hydrogens is 538 g/mol. The molecule has 0 bridgehead atoms. The van der Waals surface area contributed by atoms with Gasteiger partial charge in [-0.05, 0) is 45.9 Å². The summed E-state index contributed by atoms with van der Waals surface area (Å²) in [5.41, 5.74) is 2.18. The number of aromatic nitrogens is 2. The monoisotopic (exact) mass is 570 g/mol. The quantitative estimate of drug-likeness (QED) is 0.299. The van der Waals surface area contributed by atoms with Crippen molar-refractivity contribution in [1.29, 1.82) is 0 Å². The van der Waals surface area contributed by atoms with E-state index in [0.29, 0.717) is 0 Å². The molecule has 2 aromatic rings. The van der Waals surface area contributed by atoms with Crippen molar-refractivity contribution in [2.24, 2.45) is 0 Å². The van der Waals surface area contributed by atoms with Crippen molar-refractivity contribution in [2.75, 3.05) is 12.3 Å². The van der Waals surface area contributed by atoms with E-state index >= 15 is 4.39 Å². The lowest BCUT2D eigenvalue weighted by atomic mass is 9.98. The maximum atomic E-state index is 16.1. The summed E-state index contributed by atoms with van der Waals surface area (Å²) in [5, 5.41) is 2.51. The van der Waals surface area contributed by atoms with Crippen LogP contribution in [-0.2, 0) is 32.9 Å². The molecule has 0 amide bonds. The lowest BCUT2D eigenvalue weighted by Gasteiger charge is -2.28. The van der Waals surface area contributed by atoms with Crippen LogP contribution in [-0.4, -0.2) is 58.1 Å². The topological polar surface area (TPSA) is 170 Å². The molecule has 1 aromatic heterocycles. The van der Waals surface area contributed by atoms with Crippen LogP contribution < -0.4 is 21.0 Å². The van der Waals surface area contributed by atoms with Gasteiger partial charge in [0.2, 0.25) is 0 Å². The zero-order chi connectivity index (χ0) is 29.0. The van der Waals surface area contributed by atoms with Crippen molar-refractivity contribution in [3.05, 3.63) is 53.1 Å². The number of alkyl halides is 1. The number of nitrogens with two attached hydrogens (primary N) is 1. The Morgan fingerprint density at radius 3 is 2.51 bits per heavy atom. The smallest absolute Gasteiger partial charge is 0.459 e. The average Bonchev–Trinajstić information content (AvgIpc) is 3.07. The first-order valence-corrected chi connectivity index (χ1v) is 13.6. The SMILES string of the molecule is CC(=O)O[C@@H]1[C@@H](COP(=O)(N[C@@H](C)C(=O)OC(C)C)Oc2ccccc2)O[C@@H](n2ccc(N)nc2=O)[C@]1(C)F. The Morgan fingerprint density at radius 2 is 1.92 bits per heavy atom. The van der Waals surface area contributed by atoms with Gasteiger partial charge in [0.05, 0.1) is 12.7 Å². The molecule has 0 saturated carbocycles. The Labute approximate surface area is 224 Å². The van der Waals surface area contributed by atoms with E-state index in [4.69, 9.17) is 29.0 Å². The number of esters is 2. The van der Waals surface area contributed by atoms with E-state index in [1.807, 2.05) is 0 Å². The summed E-state index contributed by atoms with van der Waals surface area (Å²) < 4.78 is 58.0. The van der Waals surface area contributed by atoms with Gasteiger partial charge in [0.1, 0.15) is 23.7 Å². The number of hydrogen-bond donors (Lipinski definition) is 2. The molecule has 0 radical (unpaired) electrons. The molecule has 1 aliphatic heterocycles. The number of benzene rings is 1. The third-order valence-corrected chi connectivity index (χ3v) is 7.16. The number of halogens is 1. The fourth-order valence-corrected chi connectivity index (χ4v) is 5.32. The number of nitrogens with zero attached hydrogens (tertiary/aromatic N) is 2. The van der Waals surface area contributed by atoms with Gasteiger partial charge in [-0.1, -0.05) is 18.2 Å². The third-order valence-electron chi connectivity index (χ3n) is 5.51. The number of rotatable bonds is 11. The molecule has 3 N–H and O–H groups in total. The van der Waals surface area contributed by atoms with Gasteiger partial charge >= 0.3 is 25.4 Å². The zero-order valence-corrected chi connectivity index (χ0v) is 23.0. The third kappa shape index (κ3) is 7.63. The van der Waals surface area contributed by atoms with Crippen molar-refractivity contribution < 1.29 is 41.8 Å². The summed E-state index contributed by atoms with van der Waals surface area (Å²) in [6.07, 6.45) is -3.78. The molecule has 39 heavy (non-hydrogen) atoms. The molecule has 15 heteroatoms. The largest absolute Gasteiger partial charge is 0.462 e. The van der Waals surface area contributed by atoms with Gasteiger partial charge in [-0.3, -0.25) is 18.7 Å². The highest BCUT2D eigenvalue weighted by molar-refractivity contribution is 7.52. The zero-order valence-electron chi connectivity index (χ0n) is 22.1. The summed E-state index contributed by atoms with van der Waals surface area (Å²) in [6.45, 7) is 6.23. The average molecular weight is 571 g/mol. The normalized spacial score (nSPS) is 25.1. The molecule has 0 spiro atoms. The second-order valence-electron chi connectivity index (χ2n) is 9.28. The van der Waals surface area contributed by atoms with Gasteiger partial charge < -0.3 is 24.5 Å². The van der Waals surface area contributed by atoms with Crippen molar-refractivity contribution >= 4 is 25.5 Å². The van der Waals surface area contributed by atoms with Crippen LogP contribution >= 0.6 is 7.75 Å². The first kappa shape index (κ1) is 30.2. The van der Waals surface area contributed by atoms with Gasteiger partial charge in [-0.15, -0.1) is 0 Å². The second kappa shape index (κ2) is 12.2. The molecule has 13 nitrogen and oxygen atoms in total. The number of nitrogens with one attached hydrogen (secondary N) is 1. The summed E-state index contributed by atoms with van der Waals surface area (Å²) in [4.78, 5) is 40.2. The van der Waals surface area contributed by atoms with E-state index in [0.717, 1.165) is 18.4 Å². The number of para-hydroxylation sites is 1. The maximum Gasteiger partial charge on any atom is 0.459 e. The molecule has 1 saturated heterocycles. The van der Waals surface area contributed by atoms with Crippen molar-refractivity contribution in [2.45, 2.75) is 70.9 Å². The second-order valence-corrected chi connectivity index (χ2v) is 11.0. The van der Waals surface area contributed by atoms with E-state index in [1.54, 1.807) is 32.0 Å². The van der Waals surface area contributed by atoms with Crippen LogP contribution in [0.3, 0.4) is 0 Å². The fraction of sp³-hybridized carbons (Fsp3) is 0.500. The Kier molecular flexibility index (Phi) is 9.49. The molecule has 214 valence electrons. The minimum atomic E-state index is -4.35. The summed E-state index contributed by atoms with van der Waals surface area (Å²) >= 11 is 0. The number of ether oxygens (including phenoxy) is 3. The Morgan fingerprint density at radius 1 is 1.26 bits per heavy atom. The predicted octanol–water partition coefficient (Wildman–Crippen LogP) is 2.52. The standard InChI is InChI=1S/C24H32FN4O9P/c1-14(2)35-21(31)15(3)28-39(33,38-17-9-7-6-8-10-17)34-13-18-20(36-16(4)30)24(5,25)22(37-18)29-12-11-19(26)27-23(29)32/h6-12,14-15,18,20,22H,13H2,1-5H3,(H,28,33)(H2,26,27,32)/t15-,18+,20+,22+,24+,39?/m0/s1. The van der Waals surface area contributed by atoms with Crippen LogP contribution in [0.25, 0.3) is 0 Å². The van der Waals surface area contributed by atoms with E-state index in [9.17, 15) is 18.9 Å². The fourth-order valence-electron chi connectivity index (χ4n) is 3.82. The van der Waals surface area contributed by atoms with Gasteiger partial charge in [-0.25, -0.2) is 13.8 Å².